The highest BCUT2D eigenvalue weighted by molar-refractivity contribution is 5.95. The number of benzene rings is 1. The maximum Gasteiger partial charge on any atom is 0.143 e. The van der Waals surface area contributed by atoms with Gasteiger partial charge in [0.2, 0.25) is 0 Å². The van der Waals surface area contributed by atoms with Crippen molar-refractivity contribution in [1.82, 2.24) is 14.9 Å². The Kier molecular flexibility index (Phi) is 5.68. The second-order valence-electron chi connectivity index (χ2n) is 11.2. The number of aromatic nitrogens is 2. The minimum absolute atomic E-state index is 0.364. The molecule has 0 aliphatic carbocycles. The zero-order valence-electron chi connectivity index (χ0n) is 20.7. The Morgan fingerprint density at radius 2 is 1.94 bits per heavy atom. The van der Waals surface area contributed by atoms with E-state index in [0.29, 0.717) is 24.0 Å². The van der Waals surface area contributed by atoms with Crippen molar-refractivity contribution in [3.05, 3.63) is 53.3 Å². The van der Waals surface area contributed by atoms with Crippen LogP contribution >= 0.6 is 0 Å². The number of pyridine rings is 1. The molecule has 0 amide bonds. The standard InChI is InChI=1S/C29H37N3O/c1-18(2)27-24-16-23(6-7-25(24)31-28(27)21-8-11-30-19(3)14-21)29(4,5)26(33)15-22-17-32-12-9-20(22)10-13-32/h6-8,11,14,16,18,20,22,31H,9-10,12-13,15,17H2,1-5H3. The monoisotopic (exact) mass is 443 g/mol. The third-order valence-corrected chi connectivity index (χ3v) is 8.26. The quantitative estimate of drug-likeness (QED) is 0.490. The fourth-order valence-electron chi connectivity index (χ4n) is 6.10. The molecule has 3 aliphatic rings. The average molecular weight is 444 g/mol. The predicted molar refractivity (Wildman–Crippen MR) is 136 cm³/mol. The molecule has 3 aromatic rings. The summed E-state index contributed by atoms with van der Waals surface area (Å²) in [5.41, 5.74) is 6.44. The van der Waals surface area contributed by atoms with E-state index in [2.05, 4.69) is 72.9 Å². The third-order valence-electron chi connectivity index (χ3n) is 8.26. The number of aryl methyl sites for hydroxylation is 1. The summed E-state index contributed by atoms with van der Waals surface area (Å²) in [7, 11) is 0. The highest BCUT2D eigenvalue weighted by Crippen LogP contribution is 2.40. The number of hydrogen-bond acceptors (Lipinski definition) is 3. The van der Waals surface area contributed by atoms with Gasteiger partial charge in [-0.1, -0.05) is 19.9 Å². The van der Waals surface area contributed by atoms with Gasteiger partial charge in [-0.15, -0.1) is 0 Å². The number of carbonyl (C=O) groups excluding carboxylic acids is 1. The molecule has 1 atom stereocenters. The number of H-pyrrole nitrogens is 1. The lowest BCUT2D eigenvalue weighted by Gasteiger charge is -2.45. The molecule has 174 valence electrons. The van der Waals surface area contributed by atoms with Crippen LogP contribution in [0.25, 0.3) is 22.2 Å². The molecule has 1 N–H and O–H groups in total. The van der Waals surface area contributed by atoms with Gasteiger partial charge in [-0.3, -0.25) is 9.78 Å². The van der Waals surface area contributed by atoms with E-state index < -0.39 is 5.41 Å². The van der Waals surface area contributed by atoms with Crippen LogP contribution in [-0.2, 0) is 10.2 Å². The van der Waals surface area contributed by atoms with Crippen LogP contribution < -0.4 is 0 Å². The van der Waals surface area contributed by atoms with Crippen LogP contribution in [0.3, 0.4) is 0 Å². The van der Waals surface area contributed by atoms with Crippen LogP contribution in [-0.4, -0.2) is 40.3 Å². The fraction of sp³-hybridized carbons (Fsp3) is 0.517. The molecular weight excluding hydrogens is 406 g/mol. The summed E-state index contributed by atoms with van der Waals surface area (Å²) in [6.07, 6.45) is 5.12. The number of nitrogens with one attached hydrogen (secondary N) is 1. The zero-order valence-corrected chi connectivity index (χ0v) is 20.7. The number of piperidine rings is 3. The molecule has 2 bridgehead atoms. The van der Waals surface area contributed by atoms with Crippen molar-refractivity contribution < 1.29 is 4.79 Å². The minimum Gasteiger partial charge on any atom is -0.354 e. The summed E-state index contributed by atoms with van der Waals surface area (Å²) in [6, 6.07) is 10.8. The van der Waals surface area contributed by atoms with Crippen LogP contribution in [0.2, 0.25) is 0 Å². The Balaban J connectivity index is 1.49. The topological polar surface area (TPSA) is 49.0 Å². The first-order chi connectivity index (χ1) is 15.7. The van der Waals surface area contributed by atoms with Crippen LogP contribution in [0.15, 0.2) is 36.5 Å². The van der Waals surface area contributed by atoms with Crippen molar-refractivity contribution in [3.8, 4) is 11.3 Å². The van der Waals surface area contributed by atoms with Crippen LogP contribution in [0, 0.1) is 18.8 Å². The van der Waals surface area contributed by atoms with E-state index >= 15 is 0 Å². The average Bonchev–Trinajstić information content (AvgIpc) is 3.19. The highest BCUT2D eigenvalue weighted by Gasteiger charge is 2.38. The lowest BCUT2D eigenvalue weighted by atomic mass is 9.71. The molecule has 33 heavy (non-hydrogen) atoms. The predicted octanol–water partition coefficient (Wildman–Crippen LogP) is 6.24. The normalized spacial score (nSPS) is 22.9. The van der Waals surface area contributed by atoms with E-state index in [9.17, 15) is 4.79 Å². The number of rotatable bonds is 6. The number of carbonyl (C=O) groups is 1. The van der Waals surface area contributed by atoms with Gasteiger partial charge in [0, 0.05) is 46.7 Å². The van der Waals surface area contributed by atoms with E-state index in [4.69, 9.17) is 0 Å². The van der Waals surface area contributed by atoms with E-state index in [0.717, 1.165) is 29.2 Å². The molecule has 6 rings (SSSR count). The summed E-state index contributed by atoms with van der Waals surface area (Å²) in [5, 5.41) is 1.23. The Labute approximate surface area is 197 Å². The van der Waals surface area contributed by atoms with Crippen LogP contribution in [0.5, 0.6) is 0 Å². The summed E-state index contributed by atoms with van der Waals surface area (Å²) < 4.78 is 0. The van der Waals surface area contributed by atoms with E-state index in [-0.39, 0.29) is 0 Å². The fourth-order valence-corrected chi connectivity index (χ4v) is 6.10. The first kappa shape index (κ1) is 22.3. The maximum absolute atomic E-state index is 13.6. The summed E-state index contributed by atoms with van der Waals surface area (Å²) >= 11 is 0. The number of fused-ring (bicyclic) bond motifs is 4. The molecule has 3 fully saturated rings. The molecule has 0 radical (unpaired) electrons. The lowest BCUT2D eigenvalue weighted by molar-refractivity contribution is -0.126. The zero-order chi connectivity index (χ0) is 23.3. The van der Waals surface area contributed by atoms with Gasteiger partial charge in [0.1, 0.15) is 5.78 Å². The van der Waals surface area contributed by atoms with Crippen molar-refractivity contribution in [2.75, 3.05) is 19.6 Å². The number of ketones is 1. The molecule has 1 unspecified atom stereocenters. The first-order valence-electron chi connectivity index (χ1n) is 12.6. The van der Waals surface area contributed by atoms with Crippen molar-refractivity contribution in [3.63, 3.8) is 0 Å². The smallest absolute Gasteiger partial charge is 0.143 e. The molecule has 1 aromatic carbocycles. The Hall–Kier alpha value is -2.46. The molecule has 3 saturated heterocycles. The van der Waals surface area contributed by atoms with Gasteiger partial charge in [-0.05, 0) is 99.8 Å². The summed E-state index contributed by atoms with van der Waals surface area (Å²) in [6.45, 7) is 14.3. The van der Waals surface area contributed by atoms with Gasteiger partial charge in [-0.25, -0.2) is 0 Å². The number of nitrogens with zero attached hydrogens (tertiary/aromatic N) is 2. The Morgan fingerprint density at radius 3 is 2.58 bits per heavy atom. The number of Topliss-reactive ketones (excluding diaryl/α,β-unsaturated/α-hetero) is 1. The van der Waals surface area contributed by atoms with Gasteiger partial charge in [-0.2, -0.15) is 0 Å². The Morgan fingerprint density at radius 1 is 1.18 bits per heavy atom. The van der Waals surface area contributed by atoms with Crippen molar-refractivity contribution in [2.45, 2.75) is 65.2 Å². The number of hydrogen-bond donors (Lipinski definition) is 1. The van der Waals surface area contributed by atoms with E-state index in [1.54, 1.807) is 0 Å². The van der Waals surface area contributed by atoms with Crippen molar-refractivity contribution in [2.24, 2.45) is 11.8 Å². The summed E-state index contributed by atoms with van der Waals surface area (Å²) in [4.78, 5) is 24.2. The highest BCUT2D eigenvalue weighted by atomic mass is 16.1. The largest absolute Gasteiger partial charge is 0.354 e. The van der Waals surface area contributed by atoms with Gasteiger partial charge in [0.15, 0.2) is 0 Å². The van der Waals surface area contributed by atoms with Crippen molar-refractivity contribution >= 4 is 16.7 Å². The first-order valence-corrected chi connectivity index (χ1v) is 12.6. The summed E-state index contributed by atoms with van der Waals surface area (Å²) in [5.74, 6) is 2.01. The van der Waals surface area contributed by atoms with Crippen LogP contribution in [0.1, 0.15) is 69.7 Å². The van der Waals surface area contributed by atoms with Gasteiger partial charge in [0.25, 0.3) is 0 Å². The molecule has 0 spiro atoms. The SMILES string of the molecule is Cc1cc(-c2[nH]c3ccc(C(C)(C)C(=O)CC4CN5CCC4CC5)cc3c2C(C)C)ccn1. The number of aromatic amines is 1. The van der Waals surface area contributed by atoms with Crippen LogP contribution in [0.4, 0.5) is 0 Å². The Bertz CT molecular complexity index is 1180. The van der Waals surface area contributed by atoms with Gasteiger partial charge in [0.05, 0.1) is 5.69 Å². The molecule has 4 heteroatoms. The molecule has 0 saturated carbocycles. The second-order valence-corrected chi connectivity index (χ2v) is 11.2. The molecular formula is C29H37N3O. The van der Waals surface area contributed by atoms with Gasteiger partial charge >= 0.3 is 0 Å². The minimum atomic E-state index is -0.487. The molecule has 4 nitrogen and oxygen atoms in total. The second kappa shape index (κ2) is 8.39. The van der Waals surface area contributed by atoms with Crippen molar-refractivity contribution in [1.29, 1.82) is 0 Å². The lowest BCUT2D eigenvalue weighted by Crippen LogP contribution is -2.48. The third kappa shape index (κ3) is 4.03. The molecule has 2 aromatic heterocycles. The molecule has 3 aliphatic heterocycles. The van der Waals surface area contributed by atoms with E-state index in [1.807, 2.05) is 13.1 Å². The molecule has 5 heterocycles. The van der Waals surface area contributed by atoms with E-state index in [1.165, 1.54) is 48.1 Å². The van der Waals surface area contributed by atoms with Gasteiger partial charge < -0.3 is 9.88 Å². The maximum atomic E-state index is 13.6.